The average molecular weight is 337 g/mol. The Hall–Kier alpha value is -3.21. The maximum atomic E-state index is 13.5. The lowest BCUT2D eigenvalue weighted by Crippen LogP contribution is -2.23. The van der Waals surface area contributed by atoms with E-state index in [-0.39, 0.29) is 11.3 Å². The summed E-state index contributed by atoms with van der Waals surface area (Å²) in [5.74, 6) is -1.44. The molecule has 1 atom stereocenters. The highest BCUT2D eigenvalue weighted by molar-refractivity contribution is 6.10. The van der Waals surface area contributed by atoms with Crippen molar-refractivity contribution in [2.24, 2.45) is 0 Å². The zero-order valence-corrected chi connectivity index (χ0v) is 13.5. The van der Waals surface area contributed by atoms with E-state index in [9.17, 15) is 14.0 Å². The van der Waals surface area contributed by atoms with E-state index in [0.29, 0.717) is 5.56 Å². The molecule has 5 heteroatoms. The molecule has 0 aliphatic rings. The number of carbonyl (C=O) groups excluding carboxylic acids is 2. The van der Waals surface area contributed by atoms with Gasteiger partial charge in [-0.3, -0.25) is 4.79 Å². The van der Waals surface area contributed by atoms with Gasteiger partial charge in [0.1, 0.15) is 5.82 Å². The minimum absolute atomic E-state index is 0.273. The number of hydrogen-bond acceptors (Lipinski definition) is 3. The van der Waals surface area contributed by atoms with Crippen LogP contribution in [0.4, 0.5) is 4.39 Å². The van der Waals surface area contributed by atoms with Crippen LogP contribution in [0, 0.1) is 5.82 Å². The maximum absolute atomic E-state index is 13.5. The number of rotatable bonds is 5. The number of aromatic nitrogens is 1. The lowest BCUT2D eigenvalue weighted by atomic mass is 10.1. The van der Waals surface area contributed by atoms with E-state index in [0.717, 1.165) is 17.0 Å². The number of H-pyrrole nitrogens is 1. The number of halogens is 1. The zero-order chi connectivity index (χ0) is 17.8. The number of ketones is 1. The lowest BCUT2D eigenvalue weighted by molar-refractivity contribution is -0.140. The van der Waals surface area contributed by atoms with Crippen LogP contribution in [0.3, 0.4) is 0 Å². The van der Waals surface area contributed by atoms with Crippen molar-refractivity contribution in [3.63, 3.8) is 0 Å². The van der Waals surface area contributed by atoms with Crippen molar-refractivity contribution in [3.8, 4) is 0 Å². The number of ether oxygens (including phenoxy) is 1. The van der Waals surface area contributed by atoms with Gasteiger partial charge in [0.25, 0.3) is 0 Å². The van der Waals surface area contributed by atoms with Gasteiger partial charge in [0.05, 0.1) is 0 Å². The molecule has 3 rings (SSSR count). The number of fused-ring (bicyclic) bond motifs is 1. The van der Waals surface area contributed by atoms with Gasteiger partial charge < -0.3 is 9.72 Å². The highest BCUT2D eigenvalue weighted by Crippen LogP contribution is 2.20. The molecule has 0 saturated heterocycles. The van der Waals surface area contributed by atoms with Crippen LogP contribution in [-0.2, 0) is 9.53 Å². The standard InChI is InChI=1S/C20H16FNO3/c1-13(20(24)16-12-22-18-9-5-3-7-15(16)18)25-19(23)11-10-14-6-2-4-8-17(14)21/h2-13,22H,1H3/b11-10+/t13-/m1/s1. The van der Waals surface area contributed by atoms with Crippen molar-refractivity contribution in [1.29, 1.82) is 0 Å². The molecule has 0 aliphatic carbocycles. The lowest BCUT2D eigenvalue weighted by Gasteiger charge is -2.10. The Morgan fingerprint density at radius 1 is 1.12 bits per heavy atom. The van der Waals surface area contributed by atoms with Crippen LogP contribution in [0.25, 0.3) is 17.0 Å². The number of para-hydroxylation sites is 1. The van der Waals surface area contributed by atoms with Crippen LogP contribution in [-0.4, -0.2) is 22.8 Å². The zero-order valence-electron chi connectivity index (χ0n) is 13.5. The van der Waals surface area contributed by atoms with Gasteiger partial charge in [0, 0.05) is 34.3 Å². The van der Waals surface area contributed by atoms with Gasteiger partial charge in [0.15, 0.2) is 6.10 Å². The molecular formula is C20H16FNO3. The molecule has 1 N–H and O–H groups in total. The Kier molecular flexibility index (Phi) is 4.75. The number of carbonyl (C=O) groups is 2. The Labute approximate surface area is 143 Å². The van der Waals surface area contributed by atoms with E-state index in [4.69, 9.17) is 4.74 Å². The summed E-state index contributed by atoms with van der Waals surface area (Å²) < 4.78 is 18.6. The van der Waals surface area contributed by atoms with Gasteiger partial charge >= 0.3 is 5.97 Å². The summed E-state index contributed by atoms with van der Waals surface area (Å²) in [4.78, 5) is 27.4. The SMILES string of the molecule is C[C@@H](OC(=O)/C=C/c1ccccc1F)C(=O)c1c[nH]c2ccccc12. The third-order valence-electron chi connectivity index (χ3n) is 3.82. The Morgan fingerprint density at radius 2 is 1.84 bits per heavy atom. The first-order valence-corrected chi connectivity index (χ1v) is 7.80. The molecule has 25 heavy (non-hydrogen) atoms. The van der Waals surface area contributed by atoms with Gasteiger partial charge in [0.2, 0.25) is 5.78 Å². The summed E-state index contributed by atoms with van der Waals surface area (Å²) in [6.07, 6.45) is 3.08. The van der Waals surface area contributed by atoms with Gasteiger partial charge in [-0.25, -0.2) is 9.18 Å². The Balaban J connectivity index is 1.69. The summed E-state index contributed by atoms with van der Waals surface area (Å²) in [7, 11) is 0. The molecule has 0 amide bonds. The second-order valence-electron chi connectivity index (χ2n) is 5.55. The predicted octanol–water partition coefficient (Wildman–Crippen LogP) is 4.13. The summed E-state index contributed by atoms with van der Waals surface area (Å²) >= 11 is 0. The van der Waals surface area contributed by atoms with Gasteiger partial charge in [-0.05, 0) is 25.1 Å². The molecule has 0 radical (unpaired) electrons. The molecule has 0 unspecified atom stereocenters. The number of nitrogens with one attached hydrogen (secondary N) is 1. The van der Waals surface area contributed by atoms with Crippen molar-refractivity contribution in [3.05, 3.63) is 77.7 Å². The second-order valence-corrected chi connectivity index (χ2v) is 5.55. The molecule has 3 aromatic rings. The molecule has 0 aliphatic heterocycles. The minimum Gasteiger partial charge on any atom is -0.451 e. The largest absolute Gasteiger partial charge is 0.451 e. The van der Waals surface area contributed by atoms with Crippen molar-refractivity contribution >= 4 is 28.7 Å². The van der Waals surface area contributed by atoms with Gasteiger partial charge in [-0.15, -0.1) is 0 Å². The molecule has 126 valence electrons. The minimum atomic E-state index is -0.947. The highest BCUT2D eigenvalue weighted by Gasteiger charge is 2.21. The van der Waals surface area contributed by atoms with Crippen LogP contribution in [0.15, 0.2) is 60.8 Å². The first kappa shape index (κ1) is 16.6. The summed E-state index contributed by atoms with van der Waals surface area (Å²) in [6, 6.07) is 13.5. The maximum Gasteiger partial charge on any atom is 0.331 e. The summed E-state index contributed by atoms with van der Waals surface area (Å²) in [5.41, 5.74) is 1.58. The molecule has 2 aromatic carbocycles. The highest BCUT2D eigenvalue weighted by atomic mass is 19.1. The van der Waals surface area contributed by atoms with Crippen LogP contribution in [0.1, 0.15) is 22.8 Å². The van der Waals surface area contributed by atoms with Crippen molar-refractivity contribution in [2.75, 3.05) is 0 Å². The molecule has 0 saturated carbocycles. The van der Waals surface area contributed by atoms with E-state index in [2.05, 4.69) is 4.98 Å². The number of esters is 1. The van der Waals surface area contributed by atoms with Crippen LogP contribution in [0.5, 0.6) is 0 Å². The topological polar surface area (TPSA) is 59.2 Å². The molecule has 0 bridgehead atoms. The molecule has 1 aromatic heterocycles. The fourth-order valence-electron chi connectivity index (χ4n) is 2.53. The average Bonchev–Trinajstić information content (AvgIpc) is 3.04. The first-order valence-electron chi connectivity index (χ1n) is 7.80. The van der Waals surface area contributed by atoms with Gasteiger partial charge in [-0.2, -0.15) is 0 Å². The number of benzene rings is 2. The van der Waals surface area contributed by atoms with Gasteiger partial charge in [-0.1, -0.05) is 36.4 Å². The second kappa shape index (κ2) is 7.13. The normalized spacial score (nSPS) is 12.4. The Morgan fingerprint density at radius 3 is 2.64 bits per heavy atom. The van der Waals surface area contributed by atoms with Crippen LogP contribution < -0.4 is 0 Å². The third-order valence-corrected chi connectivity index (χ3v) is 3.82. The fraction of sp³-hybridized carbons (Fsp3) is 0.100. The van der Waals surface area contributed by atoms with Crippen LogP contribution >= 0.6 is 0 Å². The van der Waals surface area contributed by atoms with E-state index in [1.54, 1.807) is 24.4 Å². The molecule has 0 fully saturated rings. The summed E-state index contributed by atoms with van der Waals surface area (Å²) in [5, 5.41) is 0.775. The van der Waals surface area contributed by atoms with E-state index in [1.807, 2.05) is 24.3 Å². The monoisotopic (exact) mass is 337 g/mol. The molecule has 1 heterocycles. The Bertz CT molecular complexity index is 958. The van der Waals surface area contributed by atoms with E-state index < -0.39 is 17.9 Å². The quantitative estimate of drug-likeness (QED) is 0.432. The fourth-order valence-corrected chi connectivity index (χ4v) is 2.53. The van der Waals surface area contributed by atoms with Crippen molar-refractivity contribution in [2.45, 2.75) is 13.0 Å². The van der Waals surface area contributed by atoms with Crippen LogP contribution in [0.2, 0.25) is 0 Å². The number of Topliss-reactive ketones (excluding diaryl/α,β-unsaturated/α-hetero) is 1. The third kappa shape index (κ3) is 3.66. The predicted molar refractivity (Wildman–Crippen MR) is 93.6 cm³/mol. The number of hydrogen-bond donors (Lipinski definition) is 1. The molecule has 4 nitrogen and oxygen atoms in total. The summed E-state index contributed by atoms with van der Waals surface area (Å²) in [6.45, 7) is 1.51. The number of aromatic amines is 1. The smallest absolute Gasteiger partial charge is 0.331 e. The molecule has 0 spiro atoms. The van der Waals surface area contributed by atoms with E-state index in [1.165, 1.54) is 19.1 Å². The first-order chi connectivity index (χ1) is 12.1. The van der Waals surface area contributed by atoms with Crippen molar-refractivity contribution < 1.29 is 18.7 Å². The van der Waals surface area contributed by atoms with E-state index >= 15 is 0 Å². The molecular weight excluding hydrogens is 321 g/mol. The van der Waals surface area contributed by atoms with Crippen molar-refractivity contribution in [1.82, 2.24) is 4.98 Å².